The van der Waals surface area contributed by atoms with E-state index in [1.807, 2.05) is 0 Å². The summed E-state index contributed by atoms with van der Waals surface area (Å²) in [4.78, 5) is 21.7. The zero-order chi connectivity index (χ0) is 13.8. The lowest BCUT2D eigenvalue weighted by Crippen LogP contribution is -2.23. The van der Waals surface area contributed by atoms with E-state index in [1.165, 1.54) is 0 Å². The molecule has 0 aliphatic heterocycles. The topological polar surface area (TPSA) is 86.2 Å². The summed E-state index contributed by atoms with van der Waals surface area (Å²) in [5, 5.41) is 0. The Kier molecular flexibility index (Phi) is 10.4. The zero-order valence-electron chi connectivity index (χ0n) is 11.6. The standard InChI is InChI=1S/C14H28N2O2/c1-2-3-9-12(14(16)18)10-7-5-4-6-8-11-13(15)17/h12H,2-11H2,1H3,(H2,15,17)(H2,16,18). The van der Waals surface area contributed by atoms with Crippen LogP contribution in [0.15, 0.2) is 0 Å². The minimum atomic E-state index is -0.219. The first-order valence-corrected chi connectivity index (χ1v) is 7.15. The number of carbonyl (C=O) groups excluding carboxylic acids is 2. The molecule has 0 aromatic carbocycles. The Bertz CT molecular complexity index is 242. The number of hydrogen-bond acceptors (Lipinski definition) is 2. The van der Waals surface area contributed by atoms with E-state index in [9.17, 15) is 9.59 Å². The van der Waals surface area contributed by atoms with E-state index in [2.05, 4.69) is 6.92 Å². The van der Waals surface area contributed by atoms with Gasteiger partial charge in [0.1, 0.15) is 0 Å². The van der Waals surface area contributed by atoms with Crippen LogP contribution < -0.4 is 11.5 Å². The molecule has 0 heterocycles. The molecule has 18 heavy (non-hydrogen) atoms. The van der Waals surface area contributed by atoms with Crippen molar-refractivity contribution in [3.8, 4) is 0 Å². The summed E-state index contributed by atoms with van der Waals surface area (Å²) >= 11 is 0. The molecule has 0 aromatic heterocycles. The third-order valence-electron chi connectivity index (χ3n) is 3.28. The van der Waals surface area contributed by atoms with Gasteiger partial charge >= 0.3 is 0 Å². The summed E-state index contributed by atoms with van der Waals surface area (Å²) in [5.74, 6) is -0.323. The molecule has 4 N–H and O–H groups in total. The molecule has 0 fully saturated rings. The third kappa shape index (κ3) is 10.1. The summed E-state index contributed by atoms with van der Waals surface area (Å²) in [7, 11) is 0. The number of unbranched alkanes of at least 4 members (excludes halogenated alkanes) is 5. The van der Waals surface area contributed by atoms with Crippen molar-refractivity contribution < 1.29 is 9.59 Å². The predicted molar refractivity (Wildman–Crippen MR) is 73.7 cm³/mol. The van der Waals surface area contributed by atoms with Crippen LogP contribution in [0.2, 0.25) is 0 Å². The largest absolute Gasteiger partial charge is 0.370 e. The molecule has 0 saturated carbocycles. The van der Waals surface area contributed by atoms with Gasteiger partial charge in [0.05, 0.1) is 0 Å². The highest BCUT2D eigenvalue weighted by Gasteiger charge is 2.13. The van der Waals surface area contributed by atoms with Crippen LogP contribution in [0.5, 0.6) is 0 Å². The Labute approximate surface area is 110 Å². The Morgan fingerprint density at radius 2 is 1.44 bits per heavy atom. The maximum atomic E-state index is 11.2. The van der Waals surface area contributed by atoms with Crippen LogP contribution in [0, 0.1) is 5.92 Å². The molecule has 0 aliphatic rings. The van der Waals surface area contributed by atoms with Gasteiger partial charge in [0.2, 0.25) is 11.8 Å². The first kappa shape index (κ1) is 16.9. The van der Waals surface area contributed by atoms with Crippen molar-refractivity contribution in [2.45, 2.75) is 71.1 Å². The van der Waals surface area contributed by atoms with Crippen LogP contribution in [0.25, 0.3) is 0 Å². The van der Waals surface area contributed by atoms with Gasteiger partial charge in [-0.3, -0.25) is 9.59 Å². The van der Waals surface area contributed by atoms with Gasteiger partial charge in [0, 0.05) is 12.3 Å². The Morgan fingerprint density at radius 1 is 0.889 bits per heavy atom. The molecule has 0 bridgehead atoms. The van der Waals surface area contributed by atoms with Gasteiger partial charge < -0.3 is 11.5 Å². The molecule has 0 rings (SSSR count). The number of amides is 2. The van der Waals surface area contributed by atoms with Gasteiger partial charge in [-0.1, -0.05) is 45.4 Å². The maximum absolute atomic E-state index is 11.2. The van der Waals surface area contributed by atoms with Crippen molar-refractivity contribution >= 4 is 11.8 Å². The van der Waals surface area contributed by atoms with Gasteiger partial charge in [0.15, 0.2) is 0 Å². The quantitative estimate of drug-likeness (QED) is 0.526. The second kappa shape index (κ2) is 11.1. The van der Waals surface area contributed by atoms with Gasteiger partial charge in [-0.05, 0) is 19.3 Å². The summed E-state index contributed by atoms with van der Waals surface area (Å²) in [6, 6.07) is 0. The predicted octanol–water partition coefficient (Wildman–Crippen LogP) is 2.49. The van der Waals surface area contributed by atoms with Crippen molar-refractivity contribution in [2.24, 2.45) is 17.4 Å². The molecular formula is C14H28N2O2. The van der Waals surface area contributed by atoms with Crippen LogP contribution >= 0.6 is 0 Å². The van der Waals surface area contributed by atoms with Crippen molar-refractivity contribution in [3.63, 3.8) is 0 Å². The van der Waals surface area contributed by atoms with Gasteiger partial charge in [-0.15, -0.1) is 0 Å². The Hall–Kier alpha value is -1.06. The second-order valence-corrected chi connectivity index (χ2v) is 5.01. The number of rotatable bonds is 12. The SMILES string of the molecule is CCCCC(CCCCCCCC(N)=O)C(N)=O. The lowest BCUT2D eigenvalue weighted by Gasteiger charge is -2.12. The van der Waals surface area contributed by atoms with Gasteiger partial charge in [-0.25, -0.2) is 0 Å². The Morgan fingerprint density at radius 3 is 2.00 bits per heavy atom. The fourth-order valence-electron chi connectivity index (χ4n) is 2.10. The number of carbonyl (C=O) groups is 2. The van der Waals surface area contributed by atoms with Crippen molar-refractivity contribution in [1.29, 1.82) is 0 Å². The van der Waals surface area contributed by atoms with E-state index >= 15 is 0 Å². The normalized spacial score (nSPS) is 12.3. The molecule has 1 unspecified atom stereocenters. The minimum Gasteiger partial charge on any atom is -0.370 e. The molecule has 0 aliphatic carbocycles. The van der Waals surface area contributed by atoms with Crippen molar-refractivity contribution in [1.82, 2.24) is 0 Å². The molecule has 106 valence electrons. The van der Waals surface area contributed by atoms with Crippen LogP contribution in [0.4, 0.5) is 0 Å². The van der Waals surface area contributed by atoms with E-state index in [4.69, 9.17) is 11.5 Å². The van der Waals surface area contributed by atoms with Crippen LogP contribution in [-0.4, -0.2) is 11.8 Å². The van der Waals surface area contributed by atoms with E-state index in [0.29, 0.717) is 6.42 Å². The number of nitrogens with two attached hydrogens (primary N) is 2. The lowest BCUT2D eigenvalue weighted by molar-refractivity contribution is -0.122. The molecule has 4 nitrogen and oxygen atoms in total. The summed E-state index contributed by atoms with van der Waals surface area (Å²) < 4.78 is 0. The molecule has 0 aromatic rings. The second-order valence-electron chi connectivity index (χ2n) is 5.01. The molecule has 2 amide bonds. The van der Waals surface area contributed by atoms with Crippen molar-refractivity contribution in [2.75, 3.05) is 0 Å². The smallest absolute Gasteiger partial charge is 0.220 e. The van der Waals surface area contributed by atoms with E-state index < -0.39 is 0 Å². The summed E-state index contributed by atoms with van der Waals surface area (Å²) in [6.07, 6.45) is 9.68. The Balaban J connectivity index is 3.49. The first-order chi connectivity index (χ1) is 8.57. The number of hydrogen-bond donors (Lipinski definition) is 2. The first-order valence-electron chi connectivity index (χ1n) is 7.15. The highest BCUT2D eigenvalue weighted by Crippen LogP contribution is 2.17. The average Bonchev–Trinajstić information content (AvgIpc) is 2.30. The fraction of sp³-hybridized carbons (Fsp3) is 0.857. The fourth-order valence-corrected chi connectivity index (χ4v) is 2.10. The van der Waals surface area contributed by atoms with Crippen molar-refractivity contribution in [3.05, 3.63) is 0 Å². The summed E-state index contributed by atoms with van der Waals surface area (Å²) in [5.41, 5.74) is 10.4. The van der Waals surface area contributed by atoms with Crippen LogP contribution in [0.1, 0.15) is 71.1 Å². The molecule has 0 spiro atoms. The third-order valence-corrected chi connectivity index (χ3v) is 3.28. The monoisotopic (exact) mass is 256 g/mol. The highest BCUT2D eigenvalue weighted by molar-refractivity contribution is 5.76. The molecular weight excluding hydrogens is 228 g/mol. The average molecular weight is 256 g/mol. The maximum Gasteiger partial charge on any atom is 0.220 e. The minimum absolute atomic E-state index is 0.0515. The lowest BCUT2D eigenvalue weighted by atomic mass is 9.94. The van der Waals surface area contributed by atoms with Crippen LogP contribution in [0.3, 0.4) is 0 Å². The van der Waals surface area contributed by atoms with Gasteiger partial charge in [0.25, 0.3) is 0 Å². The number of primary amides is 2. The zero-order valence-corrected chi connectivity index (χ0v) is 11.6. The van der Waals surface area contributed by atoms with E-state index in [-0.39, 0.29) is 17.7 Å². The van der Waals surface area contributed by atoms with Gasteiger partial charge in [-0.2, -0.15) is 0 Å². The molecule has 0 radical (unpaired) electrons. The van der Waals surface area contributed by atoms with E-state index in [0.717, 1.165) is 57.8 Å². The van der Waals surface area contributed by atoms with Crippen LogP contribution in [-0.2, 0) is 9.59 Å². The highest BCUT2D eigenvalue weighted by atomic mass is 16.1. The molecule has 1 atom stereocenters. The summed E-state index contributed by atoms with van der Waals surface area (Å²) in [6.45, 7) is 2.12. The molecule has 0 saturated heterocycles. The van der Waals surface area contributed by atoms with E-state index in [1.54, 1.807) is 0 Å². The molecule has 4 heteroatoms.